The van der Waals surface area contributed by atoms with Crippen molar-refractivity contribution >= 4 is 38.8 Å². The monoisotopic (exact) mass is 438 g/mol. The Labute approximate surface area is 173 Å². The molecule has 28 heavy (non-hydrogen) atoms. The molecule has 0 bridgehead atoms. The van der Waals surface area contributed by atoms with Gasteiger partial charge in [-0.1, -0.05) is 71.7 Å². The van der Waals surface area contributed by atoms with Gasteiger partial charge in [-0.15, -0.1) is 0 Å². The lowest BCUT2D eigenvalue weighted by Crippen LogP contribution is -2.20. The number of nitrogens with zero attached hydrogens (tertiary/aromatic N) is 1. The van der Waals surface area contributed by atoms with Crippen molar-refractivity contribution in [3.63, 3.8) is 0 Å². The van der Waals surface area contributed by atoms with E-state index in [4.69, 9.17) is 4.74 Å². The summed E-state index contributed by atoms with van der Waals surface area (Å²) in [4.78, 5) is 12.3. The van der Waals surface area contributed by atoms with Gasteiger partial charge in [0.1, 0.15) is 5.75 Å². The molecule has 3 aromatic carbocycles. The number of hydrogen-bond donors (Lipinski definition) is 1. The maximum Gasteiger partial charge on any atom is 0.244 e. The molecule has 0 aliphatic carbocycles. The molecule has 0 fully saturated rings. The van der Waals surface area contributed by atoms with Gasteiger partial charge in [0, 0.05) is 10.0 Å². The van der Waals surface area contributed by atoms with Gasteiger partial charge in [-0.25, -0.2) is 5.43 Å². The SMILES string of the molecule is CCCCOc1ccc(Br)cc1/C=N/NC(=O)Cc1cccc2ccccc12. The summed E-state index contributed by atoms with van der Waals surface area (Å²) >= 11 is 3.46. The van der Waals surface area contributed by atoms with E-state index in [1.807, 2.05) is 60.7 Å². The lowest BCUT2D eigenvalue weighted by Gasteiger charge is -2.09. The van der Waals surface area contributed by atoms with Crippen LogP contribution in [-0.4, -0.2) is 18.7 Å². The predicted octanol–water partition coefficient (Wildman–Crippen LogP) is 5.47. The molecule has 0 saturated heterocycles. The van der Waals surface area contributed by atoms with Crippen LogP contribution < -0.4 is 10.2 Å². The number of carbonyl (C=O) groups is 1. The third kappa shape index (κ3) is 5.42. The fourth-order valence-corrected chi connectivity index (χ4v) is 3.29. The number of hydrogen-bond acceptors (Lipinski definition) is 3. The molecule has 0 heterocycles. The van der Waals surface area contributed by atoms with E-state index in [-0.39, 0.29) is 12.3 Å². The van der Waals surface area contributed by atoms with Crippen LogP contribution in [0.4, 0.5) is 0 Å². The second kappa shape index (κ2) is 10.0. The highest BCUT2D eigenvalue weighted by Crippen LogP contribution is 2.22. The Balaban J connectivity index is 1.65. The van der Waals surface area contributed by atoms with Crippen molar-refractivity contribution in [1.29, 1.82) is 0 Å². The number of rotatable bonds is 8. The summed E-state index contributed by atoms with van der Waals surface area (Å²) in [6, 6.07) is 19.8. The number of amides is 1. The van der Waals surface area contributed by atoms with Crippen molar-refractivity contribution in [3.8, 4) is 5.75 Å². The van der Waals surface area contributed by atoms with E-state index in [9.17, 15) is 4.79 Å². The molecule has 5 heteroatoms. The number of fused-ring (bicyclic) bond motifs is 1. The van der Waals surface area contributed by atoms with E-state index < -0.39 is 0 Å². The Morgan fingerprint density at radius 1 is 1.14 bits per heavy atom. The molecular weight excluding hydrogens is 416 g/mol. The first-order valence-electron chi connectivity index (χ1n) is 9.38. The van der Waals surface area contributed by atoms with Crippen LogP contribution in [0.3, 0.4) is 0 Å². The predicted molar refractivity (Wildman–Crippen MR) is 118 cm³/mol. The second-order valence-electron chi connectivity index (χ2n) is 6.49. The number of nitrogens with one attached hydrogen (secondary N) is 1. The molecule has 0 radical (unpaired) electrons. The standard InChI is InChI=1S/C23H23BrN2O2/c1-2-3-13-28-22-12-11-20(24)14-19(22)16-25-26-23(27)15-18-9-6-8-17-7-4-5-10-21(17)18/h4-12,14,16H,2-3,13,15H2,1H3,(H,26,27)/b25-16+. The number of ether oxygens (including phenoxy) is 1. The quantitative estimate of drug-likeness (QED) is 0.287. The Kier molecular flexibility index (Phi) is 7.20. The maximum atomic E-state index is 12.3. The molecule has 1 amide bonds. The average Bonchev–Trinajstić information content (AvgIpc) is 2.70. The van der Waals surface area contributed by atoms with E-state index in [1.165, 1.54) is 0 Å². The summed E-state index contributed by atoms with van der Waals surface area (Å²) in [5.74, 6) is 0.597. The van der Waals surface area contributed by atoms with Gasteiger partial charge < -0.3 is 4.74 Å². The van der Waals surface area contributed by atoms with Crippen molar-refractivity contribution in [1.82, 2.24) is 5.43 Å². The zero-order valence-electron chi connectivity index (χ0n) is 15.8. The highest BCUT2D eigenvalue weighted by Gasteiger charge is 2.07. The largest absolute Gasteiger partial charge is 0.493 e. The van der Waals surface area contributed by atoms with Crippen molar-refractivity contribution in [2.24, 2.45) is 5.10 Å². The average molecular weight is 439 g/mol. The van der Waals surface area contributed by atoms with Gasteiger partial charge >= 0.3 is 0 Å². The van der Waals surface area contributed by atoms with Gasteiger partial charge in [-0.3, -0.25) is 4.79 Å². The van der Waals surface area contributed by atoms with Gasteiger partial charge in [0.25, 0.3) is 0 Å². The number of carbonyl (C=O) groups excluding carboxylic acids is 1. The van der Waals surface area contributed by atoms with Crippen molar-refractivity contribution in [2.45, 2.75) is 26.2 Å². The fourth-order valence-electron chi connectivity index (χ4n) is 2.91. The maximum absolute atomic E-state index is 12.3. The highest BCUT2D eigenvalue weighted by molar-refractivity contribution is 9.10. The van der Waals surface area contributed by atoms with Crippen molar-refractivity contribution in [3.05, 3.63) is 76.3 Å². The van der Waals surface area contributed by atoms with Crippen LogP contribution in [0, 0.1) is 0 Å². The van der Waals surface area contributed by atoms with Crippen LogP contribution in [-0.2, 0) is 11.2 Å². The van der Waals surface area contributed by atoms with Crippen LogP contribution in [0.25, 0.3) is 10.8 Å². The van der Waals surface area contributed by atoms with E-state index in [1.54, 1.807) is 6.21 Å². The highest BCUT2D eigenvalue weighted by atomic mass is 79.9. The number of unbranched alkanes of at least 4 members (excludes halogenated alkanes) is 1. The summed E-state index contributed by atoms with van der Waals surface area (Å²) < 4.78 is 6.74. The summed E-state index contributed by atoms with van der Waals surface area (Å²) in [5.41, 5.74) is 4.42. The third-order valence-corrected chi connectivity index (χ3v) is 4.84. The van der Waals surface area contributed by atoms with Gasteiger partial charge in [0.2, 0.25) is 5.91 Å². The number of hydrazone groups is 1. The molecule has 0 atom stereocenters. The van der Waals surface area contributed by atoms with Gasteiger partial charge in [0.15, 0.2) is 0 Å². The van der Waals surface area contributed by atoms with Crippen LogP contribution in [0.15, 0.2) is 70.2 Å². The lowest BCUT2D eigenvalue weighted by atomic mass is 10.0. The minimum absolute atomic E-state index is 0.156. The molecule has 4 nitrogen and oxygen atoms in total. The molecule has 3 rings (SSSR count). The summed E-state index contributed by atoms with van der Waals surface area (Å²) in [5, 5.41) is 6.33. The van der Waals surface area contributed by atoms with Gasteiger partial charge in [-0.05, 0) is 41.0 Å². The normalized spacial score (nSPS) is 11.1. The van der Waals surface area contributed by atoms with E-state index in [0.717, 1.165) is 45.0 Å². The first kappa shape index (κ1) is 20.1. The second-order valence-corrected chi connectivity index (χ2v) is 7.41. The summed E-state index contributed by atoms with van der Waals surface area (Å²) in [6.45, 7) is 2.78. The molecule has 144 valence electrons. The molecule has 0 spiro atoms. The topological polar surface area (TPSA) is 50.7 Å². The van der Waals surface area contributed by atoms with E-state index in [0.29, 0.717) is 6.61 Å². The smallest absolute Gasteiger partial charge is 0.244 e. The molecule has 0 aliphatic rings. The van der Waals surface area contributed by atoms with Crippen LogP contribution in [0.5, 0.6) is 5.75 Å². The summed E-state index contributed by atoms with van der Waals surface area (Å²) in [7, 11) is 0. The first-order valence-corrected chi connectivity index (χ1v) is 10.2. The Bertz CT molecular complexity index is 980. The zero-order chi connectivity index (χ0) is 19.8. The molecule has 0 aliphatic heterocycles. The Morgan fingerprint density at radius 3 is 2.82 bits per heavy atom. The molecule has 0 unspecified atom stereocenters. The van der Waals surface area contributed by atoms with Gasteiger partial charge in [0.05, 0.1) is 19.2 Å². The molecule has 0 saturated carbocycles. The van der Waals surface area contributed by atoms with Crippen LogP contribution in [0.2, 0.25) is 0 Å². The molecule has 1 N–H and O–H groups in total. The third-order valence-electron chi connectivity index (χ3n) is 4.35. The van der Waals surface area contributed by atoms with E-state index >= 15 is 0 Å². The molecule has 0 aromatic heterocycles. The van der Waals surface area contributed by atoms with Crippen molar-refractivity contribution < 1.29 is 9.53 Å². The van der Waals surface area contributed by atoms with Crippen LogP contribution in [0.1, 0.15) is 30.9 Å². The zero-order valence-corrected chi connectivity index (χ0v) is 17.4. The molecular formula is C23H23BrN2O2. The first-order chi connectivity index (χ1) is 13.7. The van der Waals surface area contributed by atoms with Crippen LogP contribution >= 0.6 is 15.9 Å². The van der Waals surface area contributed by atoms with Gasteiger partial charge in [-0.2, -0.15) is 5.10 Å². The molecule has 3 aromatic rings. The van der Waals surface area contributed by atoms with E-state index in [2.05, 4.69) is 33.4 Å². The van der Waals surface area contributed by atoms with Crippen molar-refractivity contribution in [2.75, 3.05) is 6.61 Å². The number of benzene rings is 3. The Morgan fingerprint density at radius 2 is 1.96 bits per heavy atom. The fraction of sp³-hybridized carbons (Fsp3) is 0.217. The lowest BCUT2D eigenvalue weighted by molar-refractivity contribution is -0.120. The summed E-state index contributed by atoms with van der Waals surface area (Å²) in [6.07, 6.45) is 3.96. The number of halogens is 1. The minimum Gasteiger partial charge on any atom is -0.493 e. The minimum atomic E-state index is -0.156. The Hall–Kier alpha value is -2.66.